The third-order valence-corrected chi connectivity index (χ3v) is 6.48. The molecule has 0 aliphatic heterocycles. The number of rotatable bonds is 11. The van der Waals surface area contributed by atoms with Crippen LogP contribution in [0.1, 0.15) is 37.8 Å². The van der Waals surface area contributed by atoms with Gasteiger partial charge < -0.3 is 10.2 Å². The second kappa shape index (κ2) is 12.2. The molecule has 0 fully saturated rings. The van der Waals surface area contributed by atoms with E-state index in [9.17, 15) is 35.6 Å². The van der Waals surface area contributed by atoms with Crippen molar-refractivity contribution in [1.29, 1.82) is 0 Å². The monoisotopic (exact) mass is 531 g/mol. The van der Waals surface area contributed by atoms with Gasteiger partial charge in [-0.3, -0.25) is 13.9 Å². The van der Waals surface area contributed by atoms with Crippen LogP contribution in [0.2, 0.25) is 0 Å². The molecule has 0 heterocycles. The molecular formula is C24H29F4N3O4S. The fraction of sp³-hybridized carbons (Fsp3) is 0.417. The van der Waals surface area contributed by atoms with Crippen LogP contribution in [0.25, 0.3) is 0 Å². The molecule has 0 radical (unpaired) electrons. The number of alkyl halides is 3. The van der Waals surface area contributed by atoms with E-state index in [1.807, 2.05) is 6.92 Å². The van der Waals surface area contributed by atoms with E-state index >= 15 is 0 Å². The van der Waals surface area contributed by atoms with Crippen molar-refractivity contribution in [2.75, 3.05) is 23.7 Å². The standard InChI is InChI=1S/C24H29F4N3O4S/c1-4-13-29-23(33)21(5-2)30(15-17-9-11-19(25)12-10-17)22(32)16-31(36(3,34)35)20-8-6-7-18(14-20)24(26,27)28/h6-12,14,21H,4-5,13,15-16H2,1-3H3,(H,29,33)/t21-/m1/s1. The molecule has 2 aromatic carbocycles. The minimum atomic E-state index is -4.72. The van der Waals surface area contributed by atoms with Gasteiger partial charge in [0.25, 0.3) is 0 Å². The Labute approximate surface area is 208 Å². The SMILES string of the molecule is CCCNC(=O)[C@@H](CC)N(Cc1ccc(F)cc1)C(=O)CN(c1cccc(C(F)(F)F)c1)S(C)(=O)=O. The molecule has 0 bridgehead atoms. The normalized spacial score (nSPS) is 12.6. The molecule has 0 saturated carbocycles. The highest BCUT2D eigenvalue weighted by Crippen LogP contribution is 2.32. The zero-order valence-corrected chi connectivity index (χ0v) is 21.0. The van der Waals surface area contributed by atoms with Crippen LogP contribution >= 0.6 is 0 Å². The first-order valence-corrected chi connectivity index (χ1v) is 13.1. The Hall–Kier alpha value is -3.15. The molecule has 0 unspecified atom stereocenters. The van der Waals surface area contributed by atoms with E-state index in [0.29, 0.717) is 28.9 Å². The summed E-state index contributed by atoms with van der Waals surface area (Å²) in [5, 5.41) is 2.70. The molecule has 36 heavy (non-hydrogen) atoms. The number of amides is 2. The lowest BCUT2D eigenvalue weighted by molar-refractivity contribution is -0.140. The highest BCUT2D eigenvalue weighted by Gasteiger charge is 2.34. The van der Waals surface area contributed by atoms with Gasteiger partial charge in [0.15, 0.2) is 0 Å². The number of benzene rings is 2. The number of nitrogens with zero attached hydrogens (tertiary/aromatic N) is 2. The van der Waals surface area contributed by atoms with Crippen molar-refractivity contribution in [3.05, 3.63) is 65.5 Å². The summed E-state index contributed by atoms with van der Waals surface area (Å²) < 4.78 is 78.6. The number of nitrogens with one attached hydrogen (secondary N) is 1. The lowest BCUT2D eigenvalue weighted by Crippen LogP contribution is -2.52. The van der Waals surface area contributed by atoms with Crippen molar-refractivity contribution in [1.82, 2.24) is 10.2 Å². The van der Waals surface area contributed by atoms with Gasteiger partial charge in [-0.25, -0.2) is 12.8 Å². The van der Waals surface area contributed by atoms with Crippen LogP contribution in [0.4, 0.5) is 23.2 Å². The van der Waals surface area contributed by atoms with Gasteiger partial charge in [0.1, 0.15) is 18.4 Å². The molecule has 1 atom stereocenters. The van der Waals surface area contributed by atoms with Crippen molar-refractivity contribution in [2.24, 2.45) is 0 Å². The molecule has 1 N–H and O–H groups in total. The highest BCUT2D eigenvalue weighted by atomic mass is 32.2. The summed E-state index contributed by atoms with van der Waals surface area (Å²) in [7, 11) is -4.19. The Morgan fingerprint density at radius 2 is 1.69 bits per heavy atom. The lowest BCUT2D eigenvalue weighted by Gasteiger charge is -2.33. The summed E-state index contributed by atoms with van der Waals surface area (Å²) in [6.45, 7) is 2.90. The molecular weight excluding hydrogens is 502 g/mol. The predicted octanol–water partition coefficient (Wildman–Crippen LogP) is 3.94. The Morgan fingerprint density at radius 3 is 2.22 bits per heavy atom. The van der Waals surface area contributed by atoms with Crippen molar-refractivity contribution in [2.45, 2.75) is 45.5 Å². The molecule has 2 amide bonds. The molecule has 0 spiro atoms. The van der Waals surface area contributed by atoms with Crippen LogP contribution in [0, 0.1) is 5.82 Å². The first-order chi connectivity index (χ1) is 16.8. The van der Waals surface area contributed by atoms with Crippen LogP contribution in [0.5, 0.6) is 0 Å². The van der Waals surface area contributed by atoms with Gasteiger partial charge in [-0.15, -0.1) is 0 Å². The van der Waals surface area contributed by atoms with Crippen LogP contribution < -0.4 is 9.62 Å². The maximum absolute atomic E-state index is 13.4. The number of hydrogen-bond donors (Lipinski definition) is 1. The predicted molar refractivity (Wildman–Crippen MR) is 128 cm³/mol. The average Bonchev–Trinajstić information content (AvgIpc) is 2.80. The molecule has 2 rings (SSSR count). The number of anilines is 1. The number of halogens is 4. The third kappa shape index (κ3) is 7.94. The highest BCUT2D eigenvalue weighted by molar-refractivity contribution is 7.92. The van der Waals surface area contributed by atoms with Gasteiger partial charge in [-0.2, -0.15) is 13.2 Å². The average molecular weight is 532 g/mol. The summed E-state index contributed by atoms with van der Waals surface area (Å²) in [5.41, 5.74) is -0.933. The first-order valence-electron chi connectivity index (χ1n) is 11.2. The van der Waals surface area contributed by atoms with Gasteiger partial charge >= 0.3 is 6.18 Å². The summed E-state index contributed by atoms with van der Waals surface area (Å²) in [6.07, 6.45) is -3.12. The fourth-order valence-corrected chi connectivity index (χ4v) is 4.36. The lowest BCUT2D eigenvalue weighted by atomic mass is 10.1. The maximum Gasteiger partial charge on any atom is 0.416 e. The van der Waals surface area contributed by atoms with Crippen LogP contribution in [0.15, 0.2) is 48.5 Å². The molecule has 0 aromatic heterocycles. The number of hydrogen-bond acceptors (Lipinski definition) is 4. The molecule has 0 aliphatic rings. The Morgan fingerprint density at radius 1 is 1.06 bits per heavy atom. The molecule has 0 saturated heterocycles. The van der Waals surface area contributed by atoms with Crippen molar-refractivity contribution in [3.8, 4) is 0 Å². The van der Waals surface area contributed by atoms with E-state index in [1.165, 1.54) is 24.3 Å². The molecule has 12 heteroatoms. The Balaban J connectivity index is 2.46. The van der Waals surface area contributed by atoms with Gasteiger partial charge in [0, 0.05) is 13.1 Å². The number of sulfonamides is 1. The second-order valence-electron chi connectivity index (χ2n) is 8.18. The summed E-state index contributed by atoms with van der Waals surface area (Å²) >= 11 is 0. The van der Waals surface area contributed by atoms with Gasteiger partial charge in [-0.1, -0.05) is 32.0 Å². The quantitative estimate of drug-likeness (QED) is 0.445. The second-order valence-corrected chi connectivity index (χ2v) is 10.1. The smallest absolute Gasteiger partial charge is 0.354 e. The Bertz CT molecular complexity index is 1150. The summed E-state index contributed by atoms with van der Waals surface area (Å²) in [6, 6.07) is 7.85. The van der Waals surface area contributed by atoms with Crippen LogP contribution in [-0.4, -0.2) is 50.5 Å². The molecule has 0 aliphatic carbocycles. The van der Waals surface area contributed by atoms with Crippen LogP contribution in [-0.2, 0) is 32.3 Å². The van der Waals surface area contributed by atoms with Gasteiger partial charge in [-0.05, 0) is 48.7 Å². The van der Waals surface area contributed by atoms with Crippen molar-refractivity contribution in [3.63, 3.8) is 0 Å². The van der Waals surface area contributed by atoms with E-state index in [-0.39, 0.29) is 18.7 Å². The molecule has 7 nitrogen and oxygen atoms in total. The number of carbonyl (C=O) groups is 2. The van der Waals surface area contributed by atoms with Gasteiger partial charge in [0.2, 0.25) is 21.8 Å². The minimum Gasteiger partial charge on any atom is -0.354 e. The molecule has 2 aromatic rings. The third-order valence-electron chi connectivity index (χ3n) is 5.34. The summed E-state index contributed by atoms with van der Waals surface area (Å²) in [4.78, 5) is 27.4. The van der Waals surface area contributed by atoms with Crippen LogP contribution in [0.3, 0.4) is 0 Å². The van der Waals surface area contributed by atoms with Gasteiger partial charge in [0.05, 0.1) is 17.5 Å². The fourth-order valence-electron chi connectivity index (χ4n) is 3.52. The summed E-state index contributed by atoms with van der Waals surface area (Å²) in [5.74, 6) is -1.77. The zero-order valence-electron chi connectivity index (χ0n) is 20.2. The zero-order chi connectivity index (χ0) is 27.1. The minimum absolute atomic E-state index is 0.142. The van der Waals surface area contributed by atoms with Crippen molar-refractivity contribution >= 4 is 27.5 Å². The topological polar surface area (TPSA) is 86.8 Å². The van der Waals surface area contributed by atoms with E-state index < -0.39 is 52.0 Å². The van der Waals surface area contributed by atoms with E-state index in [4.69, 9.17) is 0 Å². The largest absolute Gasteiger partial charge is 0.416 e. The molecule has 198 valence electrons. The number of carbonyl (C=O) groups excluding carboxylic acids is 2. The van der Waals surface area contributed by atoms with Crippen molar-refractivity contribution < 1.29 is 35.6 Å². The van der Waals surface area contributed by atoms with E-state index in [2.05, 4.69) is 5.32 Å². The van der Waals surface area contributed by atoms with E-state index in [1.54, 1.807) is 6.92 Å². The maximum atomic E-state index is 13.4. The van der Waals surface area contributed by atoms with E-state index in [0.717, 1.165) is 29.4 Å². The Kier molecular flexibility index (Phi) is 9.85. The first kappa shape index (κ1) is 29.1.